The topological polar surface area (TPSA) is 26.3 Å². The Kier molecular flexibility index (Phi) is 5.50. The maximum absolute atomic E-state index is 11.6. The molecule has 5 heteroatoms. The number of hydrogen-bond acceptors (Lipinski definition) is 3. The van der Waals surface area contributed by atoms with Gasteiger partial charge in [-0.1, -0.05) is 11.6 Å². The highest BCUT2D eigenvalue weighted by atomic mass is 79.9. The second kappa shape index (κ2) is 6.40. The Labute approximate surface area is 106 Å². The third kappa shape index (κ3) is 4.05. The summed E-state index contributed by atoms with van der Waals surface area (Å²) in [6.07, 6.45) is 1.96. The Morgan fingerprint density at radius 2 is 2.33 bits per heavy atom. The van der Waals surface area contributed by atoms with Crippen molar-refractivity contribution in [1.82, 2.24) is 0 Å². The van der Waals surface area contributed by atoms with Gasteiger partial charge in [0.05, 0.1) is 5.56 Å². The zero-order valence-electron chi connectivity index (χ0n) is 8.13. The van der Waals surface area contributed by atoms with Crippen molar-refractivity contribution >= 4 is 45.3 Å². The lowest BCUT2D eigenvalue weighted by Gasteiger charge is -2.05. The van der Waals surface area contributed by atoms with Gasteiger partial charge < -0.3 is 4.74 Å². The highest BCUT2D eigenvalue weighted by Crippen LogP contribution is 2.21. The van der Waals surface area contributed by atoms with Crippen molar-refractivity contribution in [3.05, 3.63) is 33.3 Å². The lowest BCUT2D eigenvalue weighted by Crippen LogP contribution is -2.08. The number of hydrogen-bond donors (Lipinski definition) is 0. The third-order valence-electron chi connectivity index (χ3n) is 1.67. The molecule has 0 N–H and O–H groups in total. The number of thioether (sulfide) groups is 1. The van der Waals surface area contributed by atoms with Gasteiger partial charge in [-0.2, -0.15) is 11.8 Å². The van der Waals surface area contributed by atoms with Gasteiger partial charge in [-0.15, -0.1) is 0 Å². The summed E-state index contributed by atoms with van der Waals surface area (Å²) >= 11 is 10.7. The van der Waals surface area contributed by atoms with Gasteiger partial charge >= 0.3 is 5.97 Å². The summed E-state index contributed by atoms with van der Waals surface area (Å²) in [5.74, 6) is 0.447. The van der Waals surface area contributed by atoms with Crippen LogP contribution in [0.1, 0.15) is 10.4 Å². The Morgan fingerprint density at radius 3 is 3.00 bits per heavy atom. The number of rotatable bonds is 4. The number of halogens is 2. The normalized spacial score (nSPS) is 10.1. The molecular weight excluding hydrogens is 300 g/mol. The van der Waals surface area contributed by atoms with Crippen LogP contribution in [0.25, 0.3) is 0 Å². The first-order chi connectivity index (χ1) is 7.15. The van der Waals surface area contributed by atoms with Gasteiger partial charge in [-0.25, -0.2) is 4.79 Å². The molecule has 0 radical (unpaired) electrons. The number of benzene rings is 1. The maximum Gasteiger partial charge on any atom is 0.339 e. The monoisotopic (exact) mass is 308 g/mol. The van der Waals surface area contributed by atoms with E-state index in [9.17, 15) is 4.79 Å². The van der Waals surface area contributed by atoms with Gasteiger partial charge in [0.1, 0.15) is 6.61 Å². The number of esters is 1. The number of carbonyl (C=O) groups excluding carboxylic acids is 1. The average Bonchev–Trinajstić information content (AvgIpc) is 2.22. The Morgan fingerprint density at radius 1 is 1.60 bits per heavy atom. The van der Waals surface area contributed by atoms with Crippen LogP contribution in [-0.4, -0.2) is 24.6 Å². The van der Waals surface area contributed by atoms with Crippen molar-refractivity contribution in [3.8, 4) is 0 Å². The average molecular weight is 310 g/mol. The molecule has 0 aromatic heterocycles. The minimum atomic E-state index is -0.349. The fourth-order valence-electron chi connectivity index (χ4n) is 0.949. The first kappa shape index (κ1) is 12.9. The SMILES string of the molecule is CSCCOC(=O)c1cc(Cl)ccc1Br. The van der Waals surface area contributed by atoms with Crippen molar-refractivity contribution in [3.63, 3.8) is 0 Å². The first-order valence-corrected chi connectivity index (χ1v) is 6.82. The molecular formula is C10H10BrClO2S. The molecule has 0 unspecified atom stereocenters. The maximum atomic E-state index is 11.6. The zero-order chi connectivity index (χ0) is 11.3. The van der Waals surface area contributed by atoms with Gasteiger partial charge in [0, 0.05) is 15.2 Å². The highest BCUT2D eigenvalue weighted by Gasteiger charge is 2.11. The highest BCUT2D eigenvalue weighted by molar-refractivity contribution is 9.10. The first-order valence-electron chi connectivity index (χ1n) is 4.26. The molecule has 1 aromatic rings. The van der Waals surface area contributed by atoms with E-state index in [1.807, 2.05) is 6.26 Å². The minimum Gasteiger partial charge on any atom is -0.461 e. The van der Waals surface area contributed by atoms with E-state index in [-0.39, 0.29) is 5.97 Å². The molecule has 0 spiro atoms. The number of carbonyl (C=O) groups is 1. The van der Waals surface area contributed by atoms with E-state index >= 15 is 0 Å². The summed E-state index contributed by atoms with van der Waals surface area (Å²) in [4.78, 5) is 11.6. The fourth-order valence-corrected chi connectivity index (χ4v) is 1.78. The molecule has 1 aromatic carbocycles. The van der Waals surface area contributed by atoms with Crippen LogP contribution in [0, 0.1) is 0 Å². The molecule has 0 saturated heterocycles. The summed E-state index contributed by atoms with van der Waals surface area (Å²) in [5.41, 5.74) is 0.462. The van der Waals surface area contributed by atoms with Crippen LogP contribution in [0.4, 0.5) is 0 Å². The summed E-state index contributed by atoms with van der Waals surface area (Å²) < 4.78 is 5.75. The standard InChI is InChI=1S/C10H10BrClO2S/c1-15-5-4-14-10(13)8-6-7(12)2-3-9(8)11/h2-3,6H,4-5H2,1H3. The lowest BCUT2D eigenvalue weighted by molar-refractivity contribution is 0.0529. The van der Waals surface area contributed by atoms with Gasteiger partial charge in [0.15, 0.2) is 0 Å². The van der Waals surface area contributed by atoms with E-state index in [1.54, 1.807) is 30.0 Å². The number of ether oxygens (including phenoxy) is 1. The van der Waals surface area contributed by atoms with Crippen molar-refractivity contribution in [2.45, 2.75) is 0 Å². The summed E-state index contributed by atoms with van der Waals surface area (Å²) in [5, 5.41) is 0.523. The van der Waals surface area contributed by atoms with Crippen LogP contribution < -0.4 is 0 Å². The second-order valence-corrected chi connectivity index (χ2v) is 5.03. The molecule has 0 aliphatic carbocycles. The van der Waals surface area contributed by atoms with Crippen LogP contribution in [0.3, 0.4) is 0 Å². The van der Waals surface area contributed by atoms with E-state index < -0.39 is 0 Å². The Balaban J connectivity index is 2.68. The lowest BCUT2D eigenvalue weighted by atomic mass is 10.2. The van der Waals surface area contributed by atoms with Gasteiger partial charge in [-0.3, -0.25) is 0 Å². The minimum absolute atomic E-state index is 0.349. The van der Waals surface area contributed by atoms with E-state index in [2.05, 4.69) is 15.9 Å². The van der Waals surface area contributed by atoms with Crippen LogP contribution in [0.15, 0.2) is 22.7 Å². The zero-order valence-corrected chi connectivity index (χ0v) is 11.3. The molecule has 82 valence electrons. The molecule has 0 saturated carbocycles. The smallest absolute Gasteiger partial charge is 0.339 e. The van der Waals surface area contributed by atoms with Crippen molar-refractivity contribution in [2.75, 3.05) is 18.6 Å². The molecule has 0 heterocycles. The fraction of sp³-hybridized carbons (Fsp3) is 0.300. The van der Waals surface area contributed by atoms with Crippen LogP contribution in [-0.2, 0) is 4.74 Å². The molecule has 0 aliphatic heterocycles. The van der Waals surface area contributed by atoms with E-state index in [4.69, 9.17) is 16.3 Å². The van der Waals surface area contributed by atoms with Crippen molar-refractivity contribution in [2.24, 2.45) is 0 Å². The van der Waals surface area contributed by atoms with Crippen molar-refractivity contribution in [1.29, 1.82) is 0 Å². The van der Waals surface area contributed by atoms with E-state index in [0.717, 1.165) is 5.75 Å². The summed E-state index contributed by atoms with van der Waals surface area (Å²) in [6.45, 7) is 0.416. The third-order valence-corrected chi connectivity index (χ3v) is 3.17. The predicted octanol–water partition coefficient (Wildman–Crippen LogP) is 3.62. The van der Waals surface area contributed by atoms with Crippen molar-refractivity contribution < 1.29 is 9.53 Å². The Bertz CT molecular complexity index is 357. The predicted molar refractivity (Wildman–Crippen MR) is 67.8 cm³/mol. The molecule has 0 fully saturated rings. The van der Waals surface area contributed by atoms with Crippen LogP contribution >= 0.6 is 39.3 Å². The molecule has 0 amide bonds. The van der Waals surface area contributed by atoms with E-state index in [0.29, 0.717) is 21.7 Å². The molecule has 0 aliphatic rings. The van der Waals surface area contributed by atoms with Crippen LogP contribution in [0.5, 0.6) is 0 Å². The quantitative estimate of drug-likeness (QED) is 0.627. The summed E-state index contributed by atoms with van der Waals surface area (Å²) in [7, 11) is 0. The van der Waals surface area contributed by atoms with Crippen LogP contribution in [0.2, 0.25) is 5.02 Å². The second-order valence-electron chi connectivity index (χ2n) is 2.75. The molecule has 0 bridgehead atoms. The van der Waals surface area contributed by atoms with Gasteiger partial charge in [-0.05, 0) is 40.4 Å². The molecule has 2 nitrogen and oxygen atoms in total. The van der Waals surface area contributed by atoms with Gasteiger partial charge in [0.2, 0.25) is 0 Å². The summed E-state index contributed by atoms with van der Waals surface area (Å²) in [6, 6.07) is 5.03. The van der Waals surface area contributed by atoms with Gasteiger partial charge in [0.25, 0.3) is 0 Å². The molecule has 15 heavy (non-hydrogen) atoms. The van der Waals surface area contributed by atoms with E-state index in [1.165, 1.54) is 0 Å². The Hall–Kier alpha value is -0.190. The molecule has 0 atom stereocenters. The molecule has 1 rings (SSSR count). The largest absolute Gasteiger partial charge is 0.461 e.